The summed E-state index contributed by atoms with van der Waals surface area (Å²) >= 11 is 5.84. The molecule has 0 bridgehead atoms. The van der Waals surface area contributed by atoms with E-state index in [4.69, 9.17) is 17.0 Å². The van der Waals surface area contributed by atoms with E-state index in [2.05, 4.69) is 52.5 Å². The van der Waals surface area contributed by atoms with Crippen molar-refractivity contribution in [1.82, 2.24) is 9.80 Å². The minimum Gasteiger partial charge on any atom is -0.495 e. The maximum atomic E-state index is 5.84. The molecular weight excluding hydrogens is 354 g/mol. The number of piperidine rings is 1. The highest BCUT2D eigenvalue weighted by Gasteiger charge is 2.25. The molecule has 1 heterocycles. The average Bonchev–Trinajstić information content (AvgIpc) is 2.70. The van der Waals surface area contributed by atoms with Crippen LogP contribution in [0.1, 0.15) is 18.4 Å². The Balaban J connectivity index is 1.72. The Morgan fingerprint density at radius 1 is 1.11 bits per heavy atom. The fourth-order valence-corrected chi connectivity index (χ4v) is 3.94. The van der Waals surface area contributed by atoms with Crippen molar-refractivity contribution in [2.24, 2.45) is 0 Å². The fraction of sp³-hybridized carbons (Fsp3) is 0.409. The first kappa shape index (κ1) is 19.6. The molecular formula is C22H29N3OS. The molecule has 27 heavy (non-hydrogen) atoms. The summed E-state index contributed by atoms with van der Waals surface area (Å²) in [5, 5.41) is 4.21. The van der Waals surface area contributed by atoms with E-state index in [1.807, 2.05) is 24.3 Å². The molecule has 0 aliphatic carbocycles. The molecule has 0 spiro atoms. The molecule has 0 unspecified atom stereocenters. The second-order valence-electron chi connectivity index (χ2n) is 7.09. The Kier molecular flexibility index (Phi) is 7.07. The normalized spacial score (nSPS) is 15.3. The van der Waals surface area contributed by atoms with Crippen LogP contribution in [0.25, 0.3) is 0 Å². The van der Waals surface area contributed by atoms with Crippen molar-refractivity contribution in [2.45, 2.75) is 25.3 Å². The molecule has 144 valence electrons. The highest BCUT2D eigenvalue weighted by atomic mass is 32.1. The lowest BCUT2D eigenvalue weighted by molar-refractivity contribution is 0.178. The summed E-state index contributed by atoms with van der Waals surface area (Å²) in [5.41, 5.74) is 2.26. The molecule has 2 aromatic rings. The van der Waals surface area contributed by atoms with Gasteiger partial charge in [-0.15, -0.1) is 0 Å². The third-order valence-electron chi connectivity index (χ3n) is 5.22. The van der Waals surface area contributed by atoms with E-state index >= 15 is 0 Å². The maximum absolute atomic E-state index is 5.84. The molecule has 1 saturated heterocycles. The molecule has 1 aliphatic heterocycles. The number of rotatable bonds is 6. The van der Waals surface area contributed by atoms with Crippen LogP contribution in [0.2, 0.25) is 0 Å². The van der Waals surface area contributed by atoms with Crippen LogP contribution in [0.15, 0.2) is 54.6 Å². The summed E-state index contributed by atoms with van der Waals surface area (Å²) in [6.45, 7) is 3.15. The van der Waals surface area contributed by atoms with Crippen LogP contribution in [0, 0.1) is 0 Å². The van der Waals surface area contributed by atoms with Gasteiger partial charge in [-0.2, -0.15) is 0 Å². The number of methoxy groups -OCH3 is 1. The second kappa shape index (κ2) is 9.72. The van der Waals surface area contributed by atoms with Gasteiger partial charge >= 0.3 is 0 Å². The fourth-order valence-electron chi connectivity index (χ4n) is 3.59. The Labute approximate surface area is 168 Å². The van der Waals surface area contributed by atoms with Crippen molar-refractivity contribution < 1.29 is 4.74 Å². The largest absolute Gasteiger partial charge is 0.495 e. The molecule has 2 aromatic carbocycles. The molecule has 0 aromatic heterocycles. The minimum atomic E-state index is 0.472. The number of nitrogens with zero attached hydrogens (tertiary/aromatic N) is 2. The van der Waals surface area contributed by atoms with Gasteiger partial charge in [-0.1, -0.05) is 42.5 Å². The number of hydrogen-bond acceptors (Lipinski definition) is 3. The zero-order chi connectivity index (χ0) is 19.1. The van der Waals surface area contributed by atoms with Crippen LogP contribution in [0.5, 0.6) is 5.75 Å². The van der Waals surface area contributed by atoms with Crippen LogP contribution in [0.3, 0.4) is 0 Å². The lowest BCUT2D eigenvalue weighted by Gasteiger charge is -2.39. The summed E-state index contributed by atoms with van der Waals surface area (Å²) in [6.07, 6.45) is 3.26. The topological polar surface area (TPSA) is 27.7 Å². The number of anilines is 1. The molecule has 0 saturated carbocycles. The maximum Gasteiger partial charge on any atom is 0.173 e. The number of likely N-dealkylation sites (tertiary alicyclic amines) is 1. The van der Waals surface area contributed by atoms with Gasteiger partial charge in [0.2, 0.25) is 0 Å². The molecule has 3 rings (SSSR count). The number of ether oxygens (including phenoxy) is 1. The van der Waals surface area contributed by atoms with E-state index < -0.39 is 0 Å². The highest BCUT2D eigenvalue weighted by molar-refractivity contribution is 7.80. The average molecular weight is 384 g/mol. The summed E-state index contributed by atoms with van der Waals surface area (Å²) in [7, 11) is 3.88. The number of para-hydroxylation sites is 2. The molecule has 1 fully saturated rings. The van der Waals surface area contributed by atoms with E-state index in [-0.39, 0.29) is 0 Å². The molecule has 0 radical (unpaired) electrons. The standard InChI is InChI=1S/C22H29N3OS/c1-24-15-13-19(14-16-24)25(17-12-18-8-4-3-5-9-18)22(27)23-20-10-6-7-11-21(20)26-2/h3-11,19H,12-17H2,1-2H3,(H,23,27). The van der Waals surface area contributed by atoms with Gasteiger partial charge in [0, 0.05) is 12.6 Å². The van der Waals surface area contributed by atoms with E-state index in [1.54, 1.807) is 7.11 Å². The van der Waals surface area contributed by atoms with Gasteiger partial charge in [0.15, 0.2) is 5.11 Å². The van der Waals surface area contributed by atoms with Crippen molar-refractivity contribution in [3.8, 4) is 5.75 Å². The molecule has 4 nitrogen and oxygen atoms in total. The second-order valence-corrected chi connectivity index (χ2v) is 7.48. The molecule has 0 amide bonds. The van der Waals surface area contributed by atoms with Gasteiger partial charge in [-0.05, 0) is 69.3 Å². The Morgan fingerprint density at radius 3 is 2.48 bits per heavy atom. The summed E-state index contributed by atoms with van der Waals surface area (Å²) in [5.74, 6) is 0.811. The van der Waals surface area contributed by atoms with Crippen LogP contribution in [-0.2, 0) is 6.42 Å². The van der Waals surface area contributed by atoms with E-state index in [9.17, 15) is 0 Å². The van der Waals surface area contributed by atoms with Crippen molar-refractivity contribution >= 4 is 23.0 Å². The molecule has 5 heteroatoms. The first-order valence-electron chi connectivity index (χ1n) is 9.60. The van der Waals surface area contributed by atoms with Crippen LogP contribution >= 0.6 is 12.2 Å². The zero-order valence-corrected chi connectivity index (χ0v) is 17.0. The SMILES string of the molecule is COc1ccccc1NC(=S)N(CCc1ccccc1)C1CCN(C)CC1. The predicted molar refractivity (Wildman–Crippen MR) is 117 cm³/mol. The Bertz CT molecular complexity index is 729. The van der Waals surface area contributed by atoms with Crippen molar-refractivity contribution in [3.63, 3.8) is 0 Å². The predicted octanol–water partition coefficient (Wildman–Crippen LogP) is 4.03. The first-order valence-corrected chi connectivity index (χ1v) is 10.0. The summed E-state index contributed by atoms with van der Waals surface area (Å²) < 4.78 is 5.47. The third-order valence-corrected chi connectivity index (χ3v) is 5.56. The highest BCUT2D eigenvalue weighted by Crippen LogP contribution is 2.25. The molecule has 0 atom stereocenters. The van der Waals surface area contributed by atoms with Gasteiger partial charge in [0.25, 0.3) is 0 Å². The van der Waals surface area contributed by atoms with Crippen molar-refractivity contribution in [3.05, 3.63) is 60.2 Å². The molecule has 1 N–H and O–H groups in total. The van der Waals surface area contributed by atoms with Gasteiger partial charge in [-0.25, -0.2) is 0 Å². The summed E-state index contributed by atoms with van der Waals surface area (Å²) in [4.78, 5) is 4.77. The summed E-state index contributed by atoms with van der Waals surface area (Å²) in [6, 6.07) is 19.0. The number of hydrogen-bond donors (Lipinski definition) is 1. The zero-order valence-electron chi connectivity index (χ0n) is 16.2. The number of thiocarbonyl (C=S) groups is 1. The van der Waals surface area contributed by atoms with E-state index in [0.717, 1.165) is 55.4 Å². The minimum absolute atomic E-state index is 0.472. The van der Waals surface area contributed by atoms with E-state index in [1.165, 1.54) is 5.56 Å². The molecule has 1 aliphatic rings. The van der Waals surface area contributed by atoms with Gasteiger partial charge in [0.1, 0.15) is 5.75 Å². The van der Waals surface area contributed by atoms with Gasteiger partial charge < -0.3 is 19.9 Å². The van der Waals surface area contributed by atoms with Gasteiger partial charge in [-0.3, -0.25) is 0 Å². The van der Waals surface area contributed by atoms with Crippen LogP contribution < -0.4 is 10.1 Å². The number of nitrogens with one attached hydrogen (secondary N) is 1. The van der Waals surface area contributed by atoms with Crippen molar-refractivity contribution in [1.29, 1.82) is 0 Å². The van der Waals surface area contributed by atoms with E-state index in [0.29, 0.717) is 6.04 Å². The lowest BCUT2D eigenvalue weighted by Crippen LogP contribution is -2.48. The van der Waals surface area contributed by atoms with Crippen LogP contribution in [-0.4, -0.2) is 54.7 Å². The number of benzene rings is 2. The van der Waals surface area contributed by atoms with Crippen molar-refractivity contribution in [2.75, 3.05) is 39.1 Å². The monoisotopic (exact) mass is 383 g/mol. The van der Waals surface area contributed by atoms with Gasteiger partial charge in [0.05, 0.1) is 12.8 Å². The third kappa shape index (κ3) is 5.44. The first-order chi connectivity index (χ1) is 13.2. The Morgan fingerprint density at radius 2 is 1.78 bits per heavy atom. The lowest BCUT2D eigenvalue weighted by atomic mass is 10.0. The Hall–Kier alpha value is -2.11. The van der Waals surface area contributed by atoms with Crippen LogP contribution in [0.4, 0.5) is 5.69 Å². The smallest absolute Gasteiger partial charge is 0.173 e. The quantitative estimate of drug-likeness (QED) is 0.760.